The SMILES string of the molecule is Cc1ccc(NC(=O)CN(C)C(=O)c2ccc(OCc3cccnc3)cc2)cc1. The fraction of sp³-hybridized carbons (Fsp3) is 0.174. The molecule has 0 bridgehead atoms. The number of nitrogens with zero attached hydrogens (tertiary/aromatic N) is 2. The highest BCUT2D eigenvalue weighted by Crippen LogP contribution is 2.15. The van der Waals surface area contributed by atoms with Gasteiger partial charge in [0.1, 0.15) is 12.4 Å². The van der Waals surface area contributed by atoms with Gasteiger partial charge in [-0.1, -0.05) is 23.8 Å². The molecular formula is C23H23N3O3. The molecule has 3 aromatic rings. The Balaban J connectivity index is 1.52. The van der Waals surface area contributed by atoms with Crippen molar-refractivity contribution in [2.75, 3.05) is 18.9 Å². The lowest BCUT2D eigenvalue weighted by Gasteiger charge is -2.17. The van der Waals surface area contributed by atoms with Gasteiger partial charge in [0.05, 0.1) is 6.54 Å². The molecule has 0 spiro atoms. The predicted octanol–water partition coefficient (Wildman–Crippen LogP) is 3.68. The number of amides is 2. The fourth-order valence-corrected chi connectivity index (χ4v) is 2.69. The van der Waals surface area contributed by atoms with Crippen molar-refractivity contribution in [3.05, 3.63) is 89.7 Å². The highest BCUT2D eigenvalue weighted by Gasteiger charge is 2.15. The summed E-state index contributed by atoms with van der Waals surface area (Å²) < 4.78 is 5.70. The molecule has 0 fully saturated rings. The van der Waals surface area contributed by atoms with Crippen molar-refractivity contribution in [3.8, 4) is 5.75 Å². The molecule has 1 heterocycles. The van der Waals surface area contributed by atoms with E-state index in [9.17, 15) is 9.59 Å². The van der Waals surface area contributed by atoms with Gasteiger partial charge in [0, 0.05) is 36.3 Å². The van der Waals surface area contributed by atoms with Gasteiger partial charge in [-0.25, -0.2) is 0 Å². The molecule has 0 saturated heterocycles. The van der Waals surface area contributed by atoms with Gasteiger partial charge in [-0.2, -0.15) is 0 Å². The first-order valence-corrected chi connectivity index (χ1v) is 9.25. The van der Waals surface area contributed by atoms with Crippen LogP contribution in [0.5, 0.6) is 5.75 Å². The van der Waals surface area contributed by atoms with Crippen LogP contribution >= 0.6 is 0 Å². The summed E-state index contributed by atoms with van der Waals surface area (Å²) in [7, 11) is 1.60. The third kappa shape index (κ3) is 5.90. The molecule has 0 aliphatic carbocycles. The largest absolute Gasteiger partial charge is 0.489 e. The van der Waals surface area contributed by atoms with Gasteiger partial charge in [-0.15, -0.1) is 0 Å². The standard InChI is InChI=1S/C23H23N3O3/c1-17-5-9-20(10-6-17)25-22(27)15-26(2)23(28)19-7-11-21(12-8-19)29-16-18-4-3-13-24-14-18/h3-14H,15-16H2,1-2H3,(H,25,27). The number of likely N-dealkylation sites (N-methyl/N-ethyl adjacent to an activating group) is 1. The number of rotatable bonds is 7. The first kappa shape index (κ1) is 20.1. The maximum atomic E-state index is 12.6. The summed E-state index contributed by atoms with van der Waals surface area (Å²) in [5.41, 5.74) is 3.27. The van der Waals surface area contributed by atoms with E-state index in [2.05, 4.69) is 10.3 Å². The maximum Gasteiger partial charge on any atom is 0.254 e. The number of hydrogen-bond donors (Lipinski definition) is 1. The van der Waals surface area contributed by atoms with E-state index >= 15 is 0 Å². The molecule has 148 valence electrons. The van der Waals surface area contributed by atoms with Gasteiger partial charge in [0.2, 0.25) is 5.91 Å². The second-order valence-electron chi connectivity index (χ2n) is 6.75. The normalized spacial score (nSPS) is 10.3. The van der Waals surface area contributed by atoms with Crippen molar-refractivity contribution in [2.45, 2.75) is 13.5 Å². The number of nitrogens with one attached hydrogen (secondary N) is 1. The molecule has 0 radical (unpaired) electrons. The Morgan fingerprint density at radius 1 is 1.03 bits per heavy atom. The summed E-state index contributed by atoms with van der Waals surface area (Å²) >= 11 is 0. The number of aryl methyl sites for hydroxylation is 1. The zero-order chi connectivity index (χ0) is 20.6. The molecule has 0 aliphatic rings. The molecule has 0 atom stereocenters. The number of ether oxygens (including phenoxy) is 1. The highest BCUT2D eigenvalue weighted by molar-refractivity contribution is 5.99. The fourth-order valence-electron chi connectivity index (χ4n) is 2.69. The number of pyridine rings is 1. The van der Waals surface area contributed by atoms with Crippen LogP contribution in [0.1, 0.15) is 21.5 Å². The quantitative estimate of drug-likeness (QED) is 0.669. The number of anilines is 1. The van der Waals surface area contributed by atoms with Crippen molar-refractivity contribution in [3.63, 3.8) is 0 Å². The third-order valence-electron chi connectivity index (χ3n) is 4.29. The van der Waals surface area contributed by atoms with Gasteiger partial charge >= 0.3 is 0 Å². The summed E-state index contributed by atoms with van der Waals surface area (Å²) in [4.78, 5) is 30.2. The summed E-state index contributed by atoms with van der Waals surface area (Å²) in [6.45, 7) is 2.35. The molecule has 3 rings (SSSR count). The highest BCUT2D eigenvalue weighted by atomic mass is 16.5. The van der Waals surface area contributed by atoms with Crippen LogP contribution in [0, 0.1) is 6.92 Å². The van der Waals surface area contributed by atoms with Crippen LogP contribution in [0.25, 0.3) is 0 Å². The molecule has 1 aromatic heterocycles. The molecule has 6 heteroatoms. The maximum absolute atomic E-state index is 12.6. The number of benzene rings is 2. The van der Waals surface area contributed by atoms with E-state index in [1.54, 1.807) is 43.7 Å². The van der Waals surface area contributed by atoms with E-state index in [0.29, 0.717) is 23.6 Å². The van der Waals surface area contributed by atoms with Gasteiger partial charge in [0.15, 0.2) is 0 Å². The van der Waals surface area contributed by atoms with Gasteiger partial charge in [0.25, 0.3) is 5.91 Å². The van der Waals surface area contributed by atoms with E-state index in [4.69, 9.17) is 4.74 Å². The molecule has 6 nitrogen and oxygen atoms in total. The average molecular weight is 389 g/mol. The van der Waals surface area contributed by atoms with Gasteiger partial charge < -0.3 is 15.0 Å². The van der Waals surface area contributed by atoms with Crippen LogP contribution in [0.4, 0.5) is 5.69 Å². The Labute approximate surface area is 170 Å². The topological polar surface area (TPSA) is 71.5 Å². The molecular weight excluding hydrogens is 366 g/mol. The van der Waals surface area contributed by atoms with Crippen molar-refractivity contribution in [1.82, 2.24) is 9.88 Å². The predicted molar refractivity (Wildman–Crippen MR) is 112 cm³/mol. The van der Waals surface area contributed by atoms with Crippen molar-refractivity contribution >= 4 is 17.5 Å². The minimum Gasteiger partial charge on any atom is -0.489 e. The van der Waals surface area contributed by atoms with Crippen LogP contribution in [-0.4, -0.2) is 35.3 Å². The lowest BCUT2D eigenvalue weighted by Crippen LogP contribution is -2.34. The van der Waals surface area contributed by atoms with Gasteiger partial charge in [-0.3, -0.25) is 14.6 Å². The minimum atomic E-state index is -0.249. The van der Waals surface area contributed by atoms with E-state index in [0.717, 1.165) is 11.1 Å². The van der Waals surface area contributed by atoms with Crippen LogP contribution in [0.2, 0.25) is 0 Å². The number of carbonyl (C=O) groups is 2. The Morgan fingerprint density at radius 2 is 1.76 bits per heavy atom. The van der Waals surface area contributed by atoms with Crippen LogP contribution in [0.3, 0.4) is 0 Å². The summed E-state index contributed by atoms with van der Waals surface area (Å²) in [6.07, 6.45) is 3.45. The Kier molecular flexibility index (Phi) is 6.58. The van der Waals surface area contributed by atoms with Crippen molar-refractivity contribution in [2.24, 2.45) is 0 Å². The molecule has 2 aromatic carbocycles. The lowest BCUT2D eigenvalue weighted by molar-refractivity contribution is -0.116. The zero-order valence-electron chi connectivity index (χ0n) is 16.5. The molecule has 0 saturated carbocycles. The third-order valence-corrected chi connectivity index (χ3v) is 4.29. The molecule has 0 unspecified atom stereocenters. The number of aromatic nitrogens is 1. The van der Waals surface area contributed by atoms with Gasteiger partial charge in [-0.05, 0) is 49.4 Å². The van der Waals surface area contributed by atoms with Crippen LogP contribution in [-0.2, 0) is 11.4 Å². The van der Waals surface area contributed by atoms with E-state index in [1.165, 1.54) is 4.90 Å². The Morgan fingerprint density at radius 3 is 2.41 bits per heavy atom. The van der Waals surface area contributed by atoms with Crippen molar-refractivity contribution in [1.29, 1.82) is 0 Å². The Bertz CT molecular complexity index is 955. The molecule has 29 heavy (non-hydrogen) atoms. The summed E-state index contributed by atoms with van der Waals surface area (Å²) in [6, 6.07) is 18.1. The first-order valence-electron chi connectivity index (χ1n) is 9.25. The smallest absolute Gasteiger partial charge is 0.254 e. The monoisotopic (exact) mass is 389 g/mol. The molecule has 0 aliphatic heterocycles. The Hall–Kier alpha value is -3.67. The second kappa shape index (κ2) is 9.50. The van der Waals surface area contributed by atoms with Crippen LogP contribution in [0.15, 0.2) is 73.1 Å². The second-order valence-corrected chi connectivity index (χ2v) is 6.75. The number of hydrogen-bond acceptors (Lipinski definition) is 4. The van der Waals surface area contributed by atoms with E-state index < -0.39 is 0 Å². The lowest BCUT2D eigenvalue weighted by atomic mass is 10.2. The average Bonchev–Trinajstić information content (AvgIpc) is 2.74. The van der Waals surface area contributed by atoms with E-state index in [-0.39, 0.29) is 18.4 Å². The van der Waals surface area contributed by atoms with E-state index in [1.807, 2.05) is 43.3 Å². The molecule has 1 N–H and O–H groups in total. The van der Waals surface area contributed by atoms with Crippen molar-refractivity contribution < 1.29 is 14.3 Å². The molecule has 2 amide bonds. The zero-order valence-corrected chi connectivity index (χ0v) is 16.5. The minimum absolute atomic E-state index is 0.0357. The number of carbonyl (C=O) groups excluding carboxylic acids is 2. The first-order chi connectivity index (χ1) is 14.0. The summed E-state index contributed by atoms with van der Waals surface area (Å²) in [5, 5.41) is 2.79. The van der Waals surface area contributed by atoms with Crippen LogP contribution < -0.4 is 10.1 Å². The summed E-state index contributed by atoms with van der Waals surface area (Å²) in [5.74, 6) is 0.175.